The van der Waals surface area contributed by atoms with Gasteiger partial charge in [-0.25, -0.2) is 8.42 Å². The van der Waals surface area contributed by atoms with Crippen LogP contribution in [0.15, 0.2) is 18.3 Å². The summed E-state index contributed by atoms with van der Waals surface area (Å²) in [4.78, 5) is 6.56. The molecule has 2 aliphatic rings. The molecule has 7 heteroatoms. The normalized spacial score (nSPS) is 27.5. The first kappa shape index (κ1) is 16.2. The molecule has 2 fully saturated rings. The van der Waals surface area contributed by atoms with Crippen molar-refractivity contribution in [1.82, 2.24) is 9.88 Å². The highest BCUT2D eigenvalue weighted by Crippen LogP contribution is 2.23. The second-order valence-corrected chi connectivity index (χ2v) is 8.75. The Morgan fingerprint density at radius 1 is 1.36 bits per heavy atom. The summed E-state index contributed by atoms with van der Waals surface area (Å²) < 4.78 is 29.3. The predicted molar refractivity (Wildman–Crippen MR) is 85.7 cm³/mol. The van der Waals surface area contributed by atoms with E-state index in [0.717, 1.165) is 31.7 Å². The molecule has 1 aromatic heterocycles. The van der Waals surface area contributed by atoms with Crippen LogP contribution in [0.2, 0.25) is 5.02 Å². The van der Waals surface area contributed by atoms with Gasteiger partial charge in [0.25, 0.3) is 0 Å². The Hall–Kier alpha value is -0.690. The molecule has 22 heavy (non-hydrogen) atoms. The van der Waals surface area contributed by atoms with Crippen LogP contribution in [-0.4, -0.2) is 55.1 Å². The Bertz CT molecular complexity index is 600. The lowest BCUT2D eigenvalue weighted by Gasteiger charge is -2.29. The molecule has 2 aliphatic heterocycles. The minimum absolute atomic E-state index is 0.0617. The number of halogens is 1. The molecule has 0 spiro atoms. The monoisotopic (exact) mass is 344 g/mol. The van der Waals surface area contributed by atoms with Crippen molar-refractivity contribution >= 4 is 21.4 Å². The van der Waals surface area contributed by atoms with E-state index in [1.54, 1.807) is 6.20 Å². The van der Waals surface area contributed by atoms with Crippen LogP contribution in [0.3, 0.4) is 0 Å². The molecule has 1 aromatic rings. The average molecular weight is 345 g/mol. The van der Waals surface area contributed by atoms with E-state index in [1.165, 1.54) is 0 Å². The topological polar surface area (TPSA) is 59.5 Å². The second-order valence-electron chi connectivity index (χ2n) is 6.09. The molecule has 3 heterocycles. The van der Waals surface area contributed by atoms with Crippen molar-refractivity contribution in [3.63, 3.8) is 0 Å². The molecule has 0 radical (unpaired) electrons. The highest BCUT2D eigenvalue weighted by Gasteiger charge is 2.34. The average Bonchev–Trinajstić information content (AvgIpc) is 3.10. The van der Waals surface area contributed by atoms with Gasteiger partial charge in [-0.05, 0) is 31.4 Å². The van der Waals surface area contributed by atoms with Crippen molar-refractivity contribution in [3.8, 4) is 0 Å². The molecular formula is C15H21ClN2O3S. The van der Waals surface area contributed by atoms with Crippen molar-refractivity contribution in [2.24, 2.45) is 0 Å². The number of nitrogens with zero attached hydrogens (tertiary/aromatic N) is 2. The minimum Gasteiger partial charge on any atom is -0.377 e. The summed E-state index contributed by atoms with van der Waals surface area (Å²) in [5, 5.41) is 0.609. The molecule has 0 saturated carbocycles. The van der Waals surface area contributed by atoms with E-state index in [4.69, 9.17) is 16.3 Å². The quantitative estimate of drug-likeness (QED) is 0.816. The third-order valence-electron chi connectivity index (χ3n) is 4.34. The van der Waals surface area contributed by atoms with Crippen LogP contribution in [0.25, 0.3) is 0 Å². The van der Waals surface area contributed by atoms with Crippen molar-refractivity contribution < 1.29 is 13.2 Å². The smallest absolute Gasteiger partial charge is 0.151 e. The Balaban J connectivity index is 1.71. The van der Waals surface area contributed by atoms with Gasteiger partial charge < -0.3 is 4.74 Å². The van der Waals surface area contributed by atoms with Gasteiger partial charge in [0.15, 0.2) is 9.84 Å². The number of pyridine rings is 1. The van der Waals surface area contributed by atoms with Crippen LogP contribution >= 0.6 is 11.6 Å². The van der Waals surface area contributed by atoms with E-state index in [0.29, 0.717) is 18.0 Å². The van der Waals surface area contributed by atoms with Crippen LogP contribution in [0, 0.1) is 0 Å². The summed E-state index contributed by atoms with van der Waals surface area (Å²) in [6, 6.07) is 3.78. The third kappa shape index (κ3) is 4.19. The molecule has 3 rings (SSSR count). The SMILES string of the molecule is O=S1(=O)CCC(N(Cc2ccc(Cl)cn2)CC2CCCO2)C1. The molecule has 5 nitrogen and oxygen atoms in total. The number of ether oxygens (including phenoxy) is 1. The van der Waals surface area contributed by atoms with E-state index < -0.39 is 9.84 Å². The molecule has 2 saturated heterocycles. The zero-order chi connectivity index (χ0) is 15.6. The zero-order valence-corrected chi connectivity index (χ0v) is 14.0. The van der Waals surface area contributed by atoms with Gasteiger partial charge >= 0.3 is 0 Å². The Labute approximate surface area is 136 Å². The van der Waals surface area contributed by atoms with Gasteiger partial charge in [-0.3, -0.25) is 9.88 Å². The molecule has 0 bridgehead atoms. The molecule has 122 valence electrons. The number of aromatic nitrogens is 1. The summed E-state index contributed by atoms with van der Waals surface area (Å²) in [5.74, 6) is 0.529. The van der Waals surface area contributed by atoms with Crippen molar-refractivity contribution in [2.75, 3.05) is 24.7 Å². The molecule has 0 amide bonds. The maximum absolute atomic E-state index is 11.8. The lowest BCUT2D eigenvalue weighted by molar-refractivity contribution is 0.0569. The second kappa shape index (κ2) is 6.83. The maximum Gasteiger partial charge on any atom is 0.151 e. The summed E-state index contributed by atoms with van der Waals surface area (Å²) in [5.41, 5.74) is 0.909. The van der Waals surface area contributed by atoms with E-state index in [-0.39, 0.29) is 23.7 Å². The molecule has 2 unspecified atom stereocenters. The lowest BCUT2D eigenvalue weighted by Crippen LogP contribution is -2.40. The fraction of sp³-hybridized carbons (Fsp3) is 0.667. The maximum atomic E-state index is 11.8. The summed E-state index contributed by atoms with van der Waals surface area (Å²) in [6.45, 7) is 2.21. The van der Waals surface area contributed by atoms with Crippen molar-refractivity contribution in [3.05, 3.63) is 29.0 Å². The fourth-order valence-electron chi connectivity index (χ4n) is 3.16. The molecule has 2 atom stereocenters. The highest BCUT2D eigenvalue weighted by molar-refractivity contribution is 7.91. The van der Waals surface area contributed by atoms with Gasteiger partial charge in [-0.15, -0.1) is 0 Å². The molecule has 0 N–H and O–H groups in total. The van der Waals surface area contributed by atoms with E-state index in [1.807, 2.05) is 12.1 Å². The van der Waals surface area contributed by atoms with Gasteiger partial charge in [0.2, 0.25) is 0 Å². The Morgan fingerprint density at radius 2 is 2.23 bits per heavy atom. The van der Waals surface area contributed by atoms with Crippen LogP contribution in [0.5, 0.6) is 0 Å². The lowest BCUT2D eigenvalue weighted by atomic mass is 10.1. The van der Waals surface area contributed by atoms with E-state index >= 15 is 0 Å². The zero-order valence-electron chi connectivity index (χ0n) is 12.4. The van der Waals surface area contributed by atoms with Crippen LogP contribution in [0.1, 0.15) is 25.0 Å². The molecule has 0 aromatic carbocycles. The van der Waals surface area contributed by atoms with Crippen molar-refractivity contribution in [2.45, 2.75) is 38.0 Å². The Morgan fingerprint density at radius 3 is 2.82 bits per heavy atom. The molecule has 0 aliphatic carbocycles. The van der Waals surface area contributed by atoms with Crippen molar-refractivity contribution in [1.29, 1.82) is 0 Å². The highest BCUT2D eigenvalue weighted by atomic mass is 35.5. The summed E-state index contributed by atoms with van der Waals surface area (Å²) >= 11 is 5.87. The number of hydrogen-bond donors (Lipinski definition) is 0. The largest absolute Gasteiger partial charge is 0.377 e. The predicted octanol–water partition coefficient (Wildman–Crippen LogP) is 1.90. The van der Waals surface area contributed by atoms with Crippen LogP contribution < -0.4 is 0 Å². The van der Waals surface area contributed by atoms with Crippen LogP contribution in [0.4, 0.5) is 0 Å². The number of sulfone groups is 1. The first-order valence-corrected chi connectivity index (χ1v) is 9.88. The van der Waals surface area contributed by atoms with Gasteiger partial charge in [-0.2, -0.15) is 0 Å². The van der Waals surface area contributed by atoms with Gasteiger partial charge in [-0.1, -0.05) is 11.6 Å². The fourth-order valence-corrected chi connectivity index (χ4v) is 5.04. The van der Waals surface area contributed by atoms with Gasteiger partial charge in [0.05, 0.1) is 28.3 Å². The van der Waals surface area contributed by atoms with E-state index in [9.17, 15) is 8.42 Å². The summed E-state index contributed by atoms with van der Waals surface area (Å²) in [6.07, 6.45) is 4.66. The first-order chi connectivity index (χ1) is 10.5. The Kier molecular flexibility index (Phi) is 5.02. The van der Waals surface area contributed by atoms with Gasteiger partial charge in [0.1, 0.15) is 0 Å². The van der Waals surface area contributed by atoms with Crippen LogP contribution in [-0.2, 0) is 21.1 Å². The third-order valence-corrected chi connectivity index (χ3v) is 6.31. The standard InChI is InChI=1S/C15H21ClN2O3S/c16-12-3-4-13(17-8-12)9-18(10-15-2-1-6-21-15)14-5-7-22(19,20)11-14/h3-4,8,14-15H,1-2,5-7,9-11H2. The minimum atomic E-state index is -2.90. The molecular weight excluding hydrogens is 324 g/mol. The number of rotatable bonds is 5. The van der Waals surface area contributed by atoms with E-state index in [2.05, 4.69) is 9.88 Å². The first-order valence-electron chi connectivity index (χ1n) is 7.68. The van der Waals surface area contributed by atoms with Gasteiger partial charge in [0, 0.05) is 31.9 Å². The summed E-state index contributed by atoms with van der Waals surface area (Å²) in [7, 11) is -2.90. The number of hydrogen-bond acceptors (Lipinski definition) is 5.